The molecule has 0 atom stereocenters. The van der Waals surface area contributed by atoms with Gasteiger partial charge >= 0.3 is 0 Å². The smallest absolute Gasteiger partial charge is 0.263 e. The van der Waals surface area contributed by atoms with Crippen LogP contribution in [-0.4, -0.2) is 25.3 Å². The van der Waals surface area contributed by atoms with E-state index in [1.165, 1.54) is 17.9 Å². The summed E-state index contributed by atoms with van der Waals surface area (Å²) in [5.41, 5.74) is 2.10. The van der Waals surface area contributed by atoms with Crippen molar-refractivity contribution >= 4 is 27.4 Å². The van der Waals surface area contributed by atoms with Crippen molar-refractivity contribution in [3.05, 3.63) is 34.0 Å². The molecule has 0 amide bonds. The molecular formula is C14H18ClN3O3S. The molecule has 0 saturated carbocycles. The fraction of sp³-hybridized carbons (Fsp3) is 0.357. The first-order valence-electron chi connectivity index (χ1n) is 6.54. The molecule has 8 heteroatoms. The van der Waals surface area contributed by atoms with Gasteiger partial charge in [-0.25, -0.2) is 8.42 Å². The van der Waals surface area contributed by atoms with Gasteiger partial charge in [0.05, 0.1) is 22.7 Å². The van der Waals surface area contributed by atoms with Gasteiger partial charge in [-0.15, -0.1) is 0 Å². The molecule has 1 aromatic carbocycles. The van der Waals surface area contributed by atoms with Crippen molar-refractivity contribution in [3.63, 3.8) is 0 Å². The van der Waals surface area contributed by atoms with E-state index in [9.17, 15) is 8.42 Å². The first-order valence-corrected chi connectivity index (χ1v) is 8.40. The topological polar surface area (TPSA) is 73.2 Å². The van der Waals surface area contributed by atoms with Crippen LogP contribution in [0.25, 0.3) is 0 Å². The number of hydrogen-bond acceptors (Lipinski definition) is 4. The second-order valence-electron chi connectivity index (χ2n) is 5.04. The van der Waals surface area contributed by atoms with E-state index in [-0.39, 0.29) is 9.92 Å². The van der Waals surface area contributed by atoms with Crippen LogP contribution < -0.4 is 9.46 Å². The highest BCUT2D eigenvalue weighted by atomic mass is 35.5. The third kappa shape index (κ3) is 2.91. The summed E-state index contributed by atoms with van der Waals surface area (Å²) in [6.07, 6.45) is 0. The standard InChI is InChI=1S/C14H18ClN3O3S/c1-8-6-12(21-5)11(15)7-13(8)22(19,20)17-14-9(2)10(3)16-18(14)4/h6-7,17H,1-5H3. The Labute approximate surface area is 135 Å². The van der Waals surface area contributed by atoms with Gasteiger partial charge < -0.3 is 4.74 Å². The summed E-state index contributed by atoms with van der Waals surface area (Å²) in [6, 6.07) is 2.98. The van der Waals surface area contributed by atoms with Gasteiger partial charge in [-0.3, -0.25) is 9.40 Å². The molecule has 22 heavy (non-hydrogen) atoms. The van der Waals surface area contributed by atoms with Crippen LogP contribution in [0.15, 0.2) is 17.0 Å². The Morgan fingerprint density at radius 3 is 2.41 bits per heavy atom. The van der Waals surface area contributed by atoms with Crippen LogP contribution in [0.4, 0.5) is 5.82 Å². The number of nitrogens with one attached hydrogen (secondary N) is 1. The fourth-order valence-electron chi connectivity index (χ4n) is 2.17. The number of anilines is 1. The Kier molecular flexibility index (Phi) is 4.39. The van der Waals surface area contributed by atoms with Gasteiger partial charge in [0.1, 0.15) is 11.6 Å². The molecule has 1 N–H and O–H groups in total. The summed E-state index contributed by atoms with van der Waals surface area (Å²) >= 11 is 6.04. The number of aromatic nitrogens is 2. The monoisotopic (exact) mass is 343 g/mol. The van der Waals surface area contributed by atoms with E-state index in [1.54, 1.807) is 20.0 Å². The third-order valence-electron chi connectivity index (χ3n) is 3.49. The highest BCUT2D eigenvalue weighted by Crippen LogP contribution is 2.31. The van der Waals surface area contributed by atoms with Crippen molar-refractivity contribution in [1.29, 1.82) is 0 Å². The summed E-state index contributed by atoms with van der Waals surface area (Å²) in [5.74, 6) is 0.870. The molecule has 1 aromatic heterocycles. The Morgan fingerprint density at radius 2 is 1.91 bits per heavy atom. The predicted octanol–water partition coefficient (Wildman–Crippen LogP) is 2.81. The van der Waals surface area contributed by atoms with Crippen molar-refractivity contribution in [3.8, 4) is 5.75 Å². The van der Waals surface area contributed by atoms with E-state index >= 15 is 0 Å². The van der Waals surface area contributed by atoms with E-state index < -0.39 is 10.0 Å². The van der Waals surface area contributed by atoms with E-state index in [0.29, 0.717) is 17.1 Å². The Morgan fingerprint density at radius 1 is 1.27 bits per heavy atom. The number of aryl methyl sites for hydroxylation is 3. The summed E-state index contributed by atoms with van der Waals surface area (Å²) < 4.78 is 34.4. The van der Waals surface area contributed by atoms with Gasteiger partial charge in [0, 0.05) is 12.6 Å². The highest BCUT2D eigenvalue weighted by Gasteiger charge is 2.22. The molecule has 0 aliphatic rings. The lowest BCUT2D eigenvalue weighted by molar-refractivity contribution is 0.414. The number of methoxy groups -OCH3 is 1. The maximum Gasteiger partial charge on any atom is 0.263 e. The van der Waals surface area contributed by atoms with Crippen LogP contribution >= 0.6 is 11.6 Å². The minimum atomic E-state index is -3.77. The van der Waals surface area contributed by atoms with Gasteiger partial charge in [-0.1, -0.05) is 11.6 Å². The lowest BCUT2D eigenvalue weighted by Crippen LogP contribution is -2.17. The van der Waals surface area contributed by atoms with Gasteiger partial charge in [0.15, 0.2) is 0 Å². The zero-order chi connectivity index (χ0) is 16.7. The van der Waals surface area contributed by atoms with Gasteiger partial charge in [-0.05, 0) is 38.5 Å². The van der Waals surface area contributed by atoms with Crippen LogP contribution in [0, 0.1) is 20.8 Å². The molecule has 0 bridgehead atoms. The van der Waals surface area contributed by atoms with E-state index in [2.05, 4.69) is 9.82 Å². The summed E-state index contributed by atoms with van der Waals surface area (Å²) in [4.78, 5) is 0.108. The van der Waals surface area contributed by atoms with Crippen LogP contribution in [0.5, 0.6) is 5.75 Å². The average molecular weight is 344 g/mol. The maximum atomic E-state index is 12.6. The zero-order valence-corrected chi connectivity index (χ0v) is 14.6. The van der Waals surface area contributed by atoms with Crippen LogP contribution in [0.1, 0.15) is 16.8 Å². The van der Waals surface area contributed by atoms with Gasteiger partial charge in [-0.2, -0.15) is 5.10 Å². The molecule has 2 rings (SSSR count). The molecule has 0 aliphatic carbocycles. The number of halogens is 1. The summed E-state index contributed by atoms with van der Waals surface area (Å²) in [6.45, 7) is 5.32. The summed E-state index contributed by atoms with van der Waals surface area (Å²) in [5, 5.41) is 4.44. The fourth-order valence-corrected chi connectivity index (χ4v) is 3.88. The van der Waals surface area contributed by atoms with Crippen molar-refractivity contribution in [1.82, 2.24) is 9.78 Å². The molecular weight excluding hydrogens is 326 g/mol. The minimum Gasteiger partial charge on any atom is -0.495 e. The van der Waals surface area contributed by atoms with Crippen LogP contribution in [0.2, 0.25) is 5.02 Å². The molecule has 0 unspecified atom stereocenters. The molecule has 6 nitrogen and oxygen atoms in total. The van der Waals surface area contributed by atoms with E-state index in [1.807, 2.05) is 13.8 Å². The lowest BCUT2D eigenvalue weighted by atomic mass is 10.2. The van der Waals surface area contributed by atoms with Crippen LogP contribution in [-0.2, 0) is 17.1 Å². The van der Waals surface area contributed by atoms with Gasteiger partial charge in [0.2, 0.25) is 0 Å². The van der Waals surface area contributed by atoms with Crippen molar-refractivity contribution < 1.29 is 13.2 Å². The molecule has 0 aliphatic heterocycles. The number of benzene rings is 1. The Bertz CT molecular complexity index is 828. The van der Waals surface area contributed by atoms with E-state index in [0.717, 1.165) is 11.3 Å². The van der Waals surface area contributed by atoms with Gasteiger partial charge in [0.25, 0.3) is 10.0 Å². The molecule has 1 heterocycles. The molecule has 120 valence electrons. The number of rotatable bonds is 4. The maximum absolute atomic E-state index is 12.6. The SMILES string of the molecule is COc1cc(C)c(S(=O)(=O)Nc2c(C)c(C)nn2C)cc1Cl. The largest absolute Gasteiger partial charge is 0.495 e. The molecule has 0 fully saturated rings. The lowest BCUT2D eigenvalue weighted by Gasteiger charge is -2.13. The molecule has 2 aromatic rings. The van der Waals surface area contributed by atoms with Crippen molar-refractivity contribution in [2.75, 3.05) is 11.8 Å². The van der Waals surface area contributed by atoms with E-state index in [4.69, 9.17) is 16.3 Å². The quantitative estimate of drug-likeness (QED) is 0.926. The third-order valence-corrected chi connectivity index (χ3v) is 5.27. The average Bonchev–Trinajstić information content (AvgIpc) is 2.67. The summed E-state index contributed by atoms with van der Waals surface area (Å²) in [7, 11) is -0.607. The normalized spacial score (nSPS) is 11.5. The highest BCUT2D eigenvalue weighted by molar-refractivity contribution is 7.92. The van der Waals surface area contributed by atoms with Crippen LogP contribution in [0.3, 0.4) is 0 Å². The first kappa shape index (κ1) is 16.6. The zero-order valence-electron chi connectivity index (χ0n) is 13.1. The number of sulfonamides is 1. The number of ether oxygens (including phenoxy) is 1. The Balaban J connectivity index is 2.50. The molecule has 0 radical (unpaired) electrons. The number of hydrogen-bond donors (Lipinski definition) is 1. The van der Waals surface area contributed by atoms with Crippen molar-refractivity contribution in [2.45, 2.75) is 25.7 Å². The molecule has 0 saturated heterocycles. The minimum absolute atomic E-state index is 0.108. The first-order chi connectivity index (χ1) is 10.2. The Hall–Kier alpha value is -1.73. The second kappa shape index (κ2) is 5.81. The number of nitrogens with zero attached hydrogens (tertiary/aromatic N) is 2. The van der Waals surface area contributed by atoms with Crippen molar-refractivity contribution in [2.24, 2.45) is 7.05 Å². The second-order valence-corrected chi connectivity index (χ2v) is 7.10. The predicted molar refractivity (Wildman–Crippen MR) is 86.2 cm³/mol. The molecule has 0 spiro atoms.